The molecule has 3 rings (SSSR count). The molecular formula is C17H21N3O3S. The van der Waals surface area contributed by atoms with Gasteiger partial charge in [-0.05, 0) is 25.1 Å². The standard InChI is InChI=1S/C17H21N3O3S/c1-12-8-18-5-6-20(12)17(21)13-3-4-15(16(7-13)22-2)23-9-14-10-24-11-19-14/h3-4,7,10-12,18H,5-6,8-9H2,1-2H3. The van der Waals surface area contributed by atoms with E-state index in [0.29, 0.717) is 30.2 Å². The van der Waals surface area contributed by atoms with Gasteiger partial charge in [0.05, 0.1) is 18.3 Å². The van der Waals surface area contributed by atoms with E-state index in [0.717, 1.165) is 18.8 Å². The van der Waals surface area contributed by atoms with E-state index in [2.05, 4.69) is 10.3 Å². The summed E-state index contributed by atoms with van der Waals surface area (Å²) in [6, 6.07) is 5.49. The van der Waals surface area contributed by atoms with Crippen LogP contribution in [0.2, 0.25) is 0 Å². The van der Waals surface area contributed by atoms with Gasteiger partial charge in [0.1, 0.15) is 6.61 Å². The highest BCUT2D eigenvalue weighted by Gasteiger charge is 2.24. The van der Waals surface area contributed by atoms with Crippen LogP contribution in [0.5, 0.6) is 11.5 Å². The van der Waals surface area contributed by atoms with Crippen molar-refractivity contribution in [1.29, 1.82) is 0 Å². The Labute approximate surface area is 145 Å². The number of nitrogens with zero attached hydrogens (tertiary/aromatic N) is 2. The van der Waals surface area contributed by atoms with Gasteiger partial charge in [0, 0.05) is 36.6 Å². The summed E-state index contributed by atoms with van der Waals surface area (Å²) in [5.41, 5.74) is 3.25. The van der Waals surface area contributed by atoms with Crippen LogP contribution < -0.4 is 14.8 Å². The highest BCUT2D eigenvalue weighted by Crippen LogP contribution is 2.29. The average molecular weight is 347 g/mol. The first kappa shape index (κ1) is 16.7. The van der Waals surface area contributed by atoms with Gasteiger partial charge in [0.15, 0.2) is 11.5 Å². The maximum atomic E-state index is 12.7. The SMILES string of the molecule is COc1cc(C(=O)N2CCNCC2C)ccc1OCc1cscn1. The molecule has 6 nitrogen and oxygen atoms in total. The summed E-state index contributed by atoms with van der Waals surface area (Å²) in [6.07, 6.45) is 0. The zero-order valence-corrected chi connectivity index (χ0v) is 14.6. The minimum atomic E-state index is 0.0216. The lowest BCUT2D eigenvalue weighted by atomic mass is 10.1. The van der Waals surface area contributed by atoms with Gasteiger partial charge in [0.2, 0.25) is 0 Å². The van der Waals surface area contributed by atoms with Crippen LogP contribution in [0.1, 0.15) is 23.0 Å². The molecule has 2 heterocycles. The molecule has 0 spiro atoms. The number of piperazine rings is 1. The Balaban J connectivity index is 1.74. The van der Waals surface area contributed by atoms with E-state index in [-0.39, 0.29) is 11.9 Å². The van der Waals surface area contributed by atoms with Gasteiger partial charge in [-0.25, -0.2) is 4.98 Å². The Morgan fingerprint density at radius 1 is 1.46 bits per heavy atom. The fourth-order valence-electron chi connectivity index (χ4n) is 2.69. The number of thiazole rings is 1. The predicted octanol–water partition coefficient (Wildman–Crippen LogP) is 2.16. The van der Waals surface area contributed by atoms with Crippen LogP contribution >= 0.6 is 11.3 Å². The molecule has 7 heteroatoms. The Bertz CT molecular complexity index is 690. The lowest BCUT2D eigenvalue weighted by molar-refractivity contribution is 0.0655. The van der Waals surface area contributed by atoms with Crippen molar-refractivity contribution in [3.05, 3.63) is 40.3 Å². The lowest BCUT2D eigenvalue weighted by Crippen LogP contribution is -2.52. The summed E-state index contributed by atoms with van der Waals surface area (Å²) in [5.74, 6) is 1.18. The molecule has 1 unspecified atom stereocenters. The first-order valence-corrected chi connectivity index (χ1v) is 8.83. The second kappa shape index (κ2) is 7.63. The topological polar surface area (TPSA) is 63.7 Å². The molecule has 2 aromatic rings. The number of rotatable bonds is 5. The molecule has 0 bridgehead atoms. The minimum absolute atomic E-state index is 0.0216. The van der Waals surface area contributed by atoms with Crippen molar-refractivity contribution in [3.8, 4) is 11.5 Å². The number of amides is 1. The Hall–Kier alpha value is -2.12. The van der Waals surface area contributed by atoms with E-state index in [9.17, 15) is 4.79 Å². The van der Waals surface area contributed by atoms with Crippen LogP contribution in [0.25, 0.3) is 0 Å². The number of hydrogen-bond donors (Lipinski definition) is 1. The van der Waals surface area contributed by atoms with Gasteiger partial charge in [0.25, 0.3) is 5.91 Å². The molecule has 0 radical (unpaired) electrons. The average Bonchev–Trinajstić information content (AvgIpc) is 3.13. The largest absolute Gasteiger partial charge is 0.493 e. The quantitative estimate of drug-likeness (QED) is 0.898. The maximum absolute atomic E-state index is 12.7. The normalized spacial score (nSPS) is 17.6. The number of methoxy groups -OCH3 is 1. The molecule has 0 saturated carbocycles. The van der Waals surface area contributed by atoms with Gasteiger partial charge in [-0.2, -0.15) is 0 Å². The van der Waals surface area contributed by atoms with E-state index in [1.807, 2.05) is 17.2 Å². The molecule has 1 atom stereocenters. The summed E-state index contributed by atoms with van der Waals surface area (Å²) >= 11 is 1.53. The van der Waals surface area contributed by atoms with Crippen molar-refractivity contribution in [3.63, 3.8) is 0 Å². The van der Waals surface area contributed by atoms with Crippen LogP contribution in [-0.4, -0.2) is 48.6 Å². The predicted molar refractivity (Wildman–Crippen MR) is 92.8 cm³/mol. The summed E-state index contributed by atoms with van der Waals surface area (Å²) in [7, 11) is 1.58. The second-order valence-corrected chi connectivity index (χ2v) is 6.40. The van der Waals surface area contributed by atoms with E-state index >= 15 is 0 Å². The van der Waals surface area contributed by atoms with Gasteiger partial charge < -0.3 is 19.7 Å². The Morgan fingerprint density at radius 3 is 3.04 bits per heavy atom. The summed E-state index contributed by atoms with van der Waals surface area (Å²) in [6.45, 7) is 4.78. The van der Waals surface area contributed by atoms with E-state index in [1.165, 1.54) is 11.3 Å². The van der Waals surface area contributed by atoms with Crippen LogP contribution in [0, 0.1) is 0 Å². The van der Waals surface area contributed by atoms with Crippen LogP contribution in [0.15, 0.2) is 29.1 Å². The van der Waals surface area contributed by atoms with Gasteiger partial charge >= 0.3 is 0 Å². The number of carbonyl (C=O) groups is 1. The molecule has 1 aliphatic heterocycles. The van der Waals surface area contributed by atoms with E-state index in [1.54, 1.807) is 30.8 Å². The van der Waals surface area contributed by atoms with Crippen LogP contribution in [0.4, 0.5) is 0 Å². The molecule has 0 aliphatic carbocycles. The summed E-state index contributed by atoms with van der Waals surface area (Å²) in [4.78, 5) is 18.8. The van der Waals surface area contributed by atoms with E-state index in [4.69, 9.17) is 9.47 Å². The molecule has 1 aliphatic rings. The van der Waals surface area contributed by atoms with Gasteiger partial charge in [-0.3, -0.25) is 4.79 Å². The molecule has 128 valence electrons. The number of hydrogen-bond acceptors (Lipinski definition) is 6. The molecule has 1 saturated heterocycles. The number of aromatic nitrogens is 1. The van der Waals surface area contributed by atoms with Crippen molar-refractivity contribution >= 4 is 17.2 Å². The summed E-state index contributed by atoms with van der Waals surface area (Å²) < 4.78 is 11.2. The van der Waals surface area contributed by atoms with Crippen molar-refractivity contribution < 1.29 is 14.3 Å². The van der Waals surface area contributed by atoms with Crippen molar-refractivity contribution in [2.75, 3.05) is 26.7 Å². The molecular weight excluding hydrogens is 326 g/mol. The number of benzene rings is 1. The van der Waals surface area contributed by atoms with Crippen LogP contribution in [0.3, 0.4) is 0 Å². The highest BCUT2D eigenvalue weighted by molar-refractivity contribution is 7.07. The first-order valence-electron chi connectivity index (χ1n) is 7.88. The highest BCUT2D eigenvalue weighted by atomic mass is 32.1. The molecule has 1 aromatic carbocycles. The minimum Gasteiger partial charge on any atom is -0.493 e. The second-order valence-electron chi connectivity index (χ2n) is 5.69. The third-order valence-electron chi connectivity index (χ3n) is 4.03. The zero-order valence-electron chi connectivity index (χ0n) is 13.8. The van der Waals surface area contributed by atoms with Crippen molar-refractivity contribution in [2.24, 2.45) is 0 Å². The van der Waals surface area contributed by atoms with E-state index < -0.39 is 0 Å². The zero-order chi connectivity index (χ0) is 16.9. The Kier molecular flexibility index (Phi) is 5.32. The van der Waals surface area contributed by atoms with Crippen molar-refractivity contribution in [2.45, 2.75) is 19.6 Å². The maximum Gasteiger partial charge on any atom is 0.254 e. The molecule has 1 N–H and O–H groups in total. The Morgan fingerprint density at radius 2 is 2.33 bits per heavy atom. The van der Waals surface area contributed by atoms with Gasteiger partial charge in [-0.1, -0.05) is 0 Å². The van der Waals surface area contributed by atoms with Crippen LogP contribution in [-0.2, 0) is 6.61 Å². The number of carbonyl (C=O) groups excluding carboxylic acids is 1. The van der Waals surface area contributed by atoms with Gasteiger partial charge in [-0.15, -0.1) is 11.3 Å². The number of nitrogens with one attached hydrogen (secondary N) is 1. The molecule has 1 aromatic heterocycles. The molecule has 1 fully saturated rings. The third-order valence-corrected chi connectivity index (χ3v) is 4.67. The third kappa shape index (κ3) is 3.68. The lowest BCUT2D eigenvalue weighted by Gasteiger charge is -2.34. The van der Waals surface area contributed by atoms with Crippen molar-refractivity contribution in [1.82, 2.24) is 15.2 Å². The number of ether oxygens (including phenoxy) is 2. The fourth-order valence-corrected chi connectivity index (χ4v) is 3.23. The summed E-state index contributed by atoms with van der Waals surface area (Å²) in [5, 5.41) is 5.23. The first-order chi connectivity index (χ1) is 11.7. The fraction of sp³-hybridized carbons (Fsp3) is 0.412. The molecule has 24 heavy (non-hydrogen) atoms. The molecule has 1 amide bonds. The smallest absolute Gasteiger partial charge is 0.254 e. The monoisotopic (exact) mass is 347 g/mol.